The number of rotatable bonds is 5. The van der Waals surface area contributed by atoms with E-state index in [4.69, 9.17) is 5.73 Å². The number of hydrogen-bond acceptors (Lipinski definition) is 3. The summed E-state index contributed by atoms with van der Waals surface area (Å²) in [5, 5.41) is 2.63. The third kappa shape index (κ3) is 4.00. The van der Waals surface area contributed by atoms with Gasteiger partial charge in [-0.1, -0.05) is 24.3 Å². The van der Waals surface area contributed by atoms with E-state index in [9.17, 15) is 13.6 Å². The number of anilines is 1. The third-order valence-corrected chi connectivity index (χ3v) is 2.77. The van der Waals surface area contributed by atoms with Crippen LogP contribution < -0.4 is 15.8 Å². The summed E-state index contributed by atoms with van der Waals surface area (Å²) < 4.78 is 29.0. The van der Waals surface area contributed by atoms with Crippen molar-refractivity contribution in [1.82, 2.24) is 0 Å². The number of halogens is 2. The third-order valence-electron chi connectivity index (χ3n) is 2.77. The van der Waals surface area contributed by atoms with E-state index in [0.717, 1.165) is 5.56 Å². The SMILES string of the molecule is NCc1cccc(NC(=O)c2ccccc2OC(F)F)c1. The van der Waals surface area contributed by atoms with Gasteiger partial charge in [0.25, 0.3) is 5.91 Å². The molecule has 0 spiro atoms. The molecule has 21 heavy (non-hydrogen) atoms. The van der Waals surface area contributed by atoms with Crippen molar-refractivity contribution in [2.45, 2.75) is 13.2 Å². The Morgan fingerprint density at radius 2 is 1.95 bits per heavy atom. The standard InChI is InChI=1S/C15H14F2N2O2/c16-15(17)21-13-7-2-1-6-12(13)14(20)19-11-5-3-4-10(8-11)9-18/h1-8,15H,9,18H2,(H,19,20). The first-order valence-electron chi connectivity index (χ1n) is 6.24. The topological polar surface area (TPSA) is 64.3 Å². The molecule has 0 aliphatic carbocycles. The van der Waals surface area contributed by atoms with Gasteiger partial charge in [0.15, 0.2) is 0 Å². The fourth-order valence-corrected chi connectivity index (χ4v) is 1.83. The molecule has 0 aliphatic rings. The van der Waals surface area contributed by atoms with Gasteiger partial charge in [-0.05, 0) is 29.8 Å². The van der Waals surface area contributed by atoms with Crippen LogP contribution in [0.4, 0.5) is 14.5 Å². The Hall–Kier alpha value is -2.47. The average molecular weight is 292 g/mol. The zero-order chi connectivity index (χ0) is 15.2. The van der Waals surface area contributed by atoms with Crippen LogP contribution in [0.1, 0.15) is 15.9 Å². The van der Waals surface area contributed by atoms with Crippen molar-refractivity contribution < 1.29 is 18.3 Å². The molecule has 0 radical (unpaired) electrons. The maximum Gasteiger partial charge on any atom is 0.387 e. The molecule has 0 aliphatic heterocycles. The Balaban J connectivity index is 2.20. The molecule has 0 aromatic heterocycles. The summed E-state index contributed by atoms with van der Waals surface area (Å²) in [7, 11) is 0. The molecule has 6 heteroatoms. The van der Waals surface area contributed by atoms with E-state index < -0.39 is 12.5 Å². The van der Waals surface area contributed by atoms with E-state index in [1.165, 1.54) is 18.2 Å². The minimum Gasteiger partial charge on any atom is -0.434 e. The number of nitrogens with one attached hydrogen (secondary N) is 1. The first-order chi connectivity index (χ1) is 10.1. The number of nitrogens with two attached hydrogens (primary N) is 1. The predicted molar refractivity (Wildman–Crippen MR) is 75.4 cm³/mol. The van der Waals surface area contributed by atoms with E-state index in [2.05, 4.69) is 10.1 Å². The van der Waals surface area contributed by atoms with Gasteiger partial charge in [-0.15, -0.1) is 0 Å². The minimum atomic E-state index is -2.99. The average Bonchev–Trinajstić information content (AvgIpc) is 2.47. The summed E-state index contributed by atoms with van der Waals surface area (Å²) in [6.45, 7) is -2.64. The lowest BCUT2D eigenvalue weighted by atomic mass is 10.1. The summed E-state index contributed by atoms with van der Waals surface area (Å²) >= 11 is 0. The highest BCUT2D eigenvalue weighted by Crippen LogP contribution is 2.21. The Morgan fingerprint density at radius 3 is 2.67 bits per heavy atom. The molecule has 3 N–H and O–H groups in total. The molecular formula is C15H14F2N2O2. The second-order valence-electron chi connectivity index (χ2n) is 4.23. The van der Waals surface area contributed by atoms with E-state index >= 15 is 0 Å². The lowest BCUT2D eigenvalue weighted by Crippen LogP contribution is -2.15. The number of benzene rings is 2. The number of alkyl halides is 2. The van der Waals surface area contributed by atoms with Crippen LogP contribution in [0.25, 0.3) is 0 Å². The van der Waals surface area contributed by atoms with Crippen LogP contribution in [0.15, 0.2) is 48.5 Å². The van der Waals surface area contributed by atoms with Crippen molar-refractivity contribution in [2.24, 2.45) is 5.73 Å². The molecule has 2 aromatic rings. The summed E-state index contributed by atoms with van der Waals surface area (Å²) in [6.07, 6.45) is 0. The van der Waals surface area contributed by atoms with Gasteiger partial charge in [0.1, 0.15) is 5.75 Å². The number of carbonyl (C=O) groups is 1. The maximum atomic E-state index is 12.3. The monoisotopic (exact) mass is 292 g/mol. The zero-order valence-electron chi connectivity index (χ0n) is 11.1. The van der Waals surface area contributed by atoms with Gasteiger partial charge in [-0.25, -0.2) is 0 Å². The van der Waals surface area contributed by atoms with Gasteiger partial charge in [-0.2, -0.15) is 8.78 Å². The van der Waals surface area contributed by atoms with Crippen LogP contribution in [0.3, 0.4) is 0 Å². The lowest BCUT2D eigenvalue weighted by molar-refractivity contribution is -0.0501. The molecule has 2 rings (SSSR count). The van der Waals surface area contributed by atoms with Crippen molar-refractivity contribution in [3.8, 4) is 5.75 Å². The molecule has 0 fully saturated rings. The summed E-state index contributed by atoms with van der Waals surface area (Å²) in [4.78, 5) is 12.1. The summed E-state index contributed by atoms with van der Waals surface area (Å²) in [5.74, 6) is -0.694. The summed E-state index contributed by atoms with van der Waals surface area (Å²) in [6, 6.07) is 12.8. The largest absolute Gasteiger partial charge is 0.434 e. The lowest BCUT2D eigenvalue weighted by Gasteiger charge is -2.11. The smallest absolute Gasteiger partial charge is 0.387 e. The molecule has 4 nitrogen and oxygen atoms in total. The zero-order valence-corrected chi connectivity index (χ0v) is 11.1. The first kappa shape index (κ1) is 14.9. The van der Waals surface area contributed by atoms with E-state index in [-0.39, 0.29) is 11.3 Å². The number of carbonyl (C=O) groups excluding carboxylic acids is 1. The molecule has 110 valence electrons. The second-order valence-corrected chi connectivity index (χ2v) is 4.23. The number of amides is 1. The van der Waals surface area contributed by atoms with Crippen LogP contribution in [0, 0.1) is 0 Å². The molecule has 0 bridgehead atoms. The minimum absolute atomic E-state index is 0.0379. The van der Waals surface area contributed by atoms with Gasteiger partial charge < -0.3 is 15.8 Å². The quantitative estimate of drug-likeness (QED) is 0.890. The molecular weight excluding hydrogens is 278 g/mol. The highest BCUT2D eigenvalue weighted by atomic mass is 19.3. The van der Waals surface area contributed by atoms with Gasteiger partial charge in [0, 0.05) is 12.2 Å². The van der Waals surface area contributed by atoms with Crippen molar-refractivity contribution >= 4 is 11.6 Å². The van der Waals surface area contributed by atoms with Gasteiger partial charge in [0.2, 0.25) is 0 Å². The van der Waals surface area contributed by atoms with Gasteiger partial charge in [0.05, 0.1) is 5.56 Å². The maximum absolute atomic E-state index is 12.3. The van der Waals surface area contributed by atoms with Crippen LogP contribution >= 0.6 is 0 Å². The molecule has 0 saturated heterocycles. The van der Waals surface area contributed by atoms with Crippen LogP contribution in [0.5, 0.6) is 5.75 Å². The fourth-order valence-electron chi connectivity index (χ4n) is 1.83. The number of para-hydroxylation sites is 1. The Morgan fingerprint density at radius 1 is 1.19 bits per heavy atom. The number of ether oxygens (including phenoxy) is 1. The van der Waals surface area contributed by atoms with E-state index in [0.29, 0.717) is 12.2 Å². The second kappa shape index (κ2) is 6.81. The van der Waals surface area contributed by atoms with Crippen LogP contribution in [-0.4, -0.2) is 12.5 Å². The molecule has 0 atom stereocenters. The van der Waals surface area contributed by atoms with Gasteiger partial charge >= 0.3 is 6.61 Å². The molecule has 0 unspecified atom stereocenters. The van der Waals surface area contributed by atoms with Gasteiger partial charge in [-0.3, -0.25) is 4.79 Å². The Bertz CT molecular complexity index is 633. The summed E-state index contributed by atoms with van der Waals surface area (Å²) in [5.41, 5.74) is 6.95. The van der Waals surface area contributed by atoms with Crippen molar-refractivity contribution in [3.63, 3.8) is 0 Å². The molecule has 0 heterocycles. The molecule has 1 amide bonds. The van der Waals surface area contributed by atoms with E-state index in [1.54, 1.807) is 24.3 Å². The number of hydrogen-bond donors (Lipinski definition) is 2. The predicted octanol–water partition coefficient (Wildman–Crippen LogP) is 3.00. The Kier molecular flexibility index (Phi) is 4.84. The van der Waals surface area contributed by atoms with Crippen LogP contribution in [0.2, 0.25) is 0 Å². The molecule has 0 saturated carbocycles. The van der Waals surface area contributed by atoms with Crippen LogP contribution in [-0.2, 0) is 6.54 Å². The highest BCUT2D eigenvalue weighted by Gasteiger charge is 2.15. The van der Waals surface area contributed by atoms with Crippen molar-refractivity contribution in [1.29, 1.82) is 0 Å². The van der Waals surface area contributed by atoms with Crippen molar-refractivity contribution in [2.75, 3.05) is 5.32 Å². The van der Waals surface area contributed by atoms with E-state index in [1.807, 2.05) is 6.07 Å². The van der Waals surface area contributed by atoms with Crippen molar-refractivity contribution in [3.05, 3.63) is 59.7 Å². The highest BCUT2D eigenvalue weighted by molar-refractivity contribution is 6.06. The normalized spacial score (nSPS) is 10.5. The first-order valence-corrected chi connectivity index (χ1v) is 6.24. The molecule has 2 aromatic carbocycles. The fraction of sp³-hybridized carbons (Fsp3) is 0.133. The Labute approximate surface area is 120 Å².